The summed E-state index contributed by atoms with van der Waals surface area (Å²) in [5.41, 5.74) is 1.16. The van der Waals surface area contributed by atoms with Crippen LogP contribution in [0.1, 0.15) is 5.56 Å². The summed E-state index contributed by atoms with van der Waals surface area (Å²) in [5.74, 6) is 0. The van der Waals surface area contributed by atoms with Crippen LogP contribution in [-0.2, 0) is 20.0 Å². The molecule has 1 aromatic carbocycles. The van der Waals surface area contributed by atoms with Crippen molar-refractivity contribution in [1.82, 2.24) is 0 Å². The van der Waals surface area contributed by atoms with Gasteiger partial charge in [0.2, 0.25) is 0 Å². The van der Waals surface area contributed by atoms with Gasteiger partial charge in [0.15, 0.2) is 0 Å². The molecule has 0 aliphatic rings. The average molecular weight is 214 g/mol. The minimum atomic E-state index is -2.06. The van der Waals surface area contributed by atoms with E-state index in [2.05, 4.69) is 0 Å². The van der Waals surface area contributed by atoms with Crippen LogP contribution in [-0.4, -0.2) is 38.3 Å². The number of hydrogen-bond donors (Lipinski definition) is 3. The van der Waals surface area contributed by atoms with E-state index in [1.165, 1.54) is 0 Å². The van der Waals surface area contributed by atoms with Gasteiger partial charge in [-0.05, 0) is 19.1 Å². The summed E-state index contributed by atoms with van der Waals surface area (Å²) < 4.78 is 19.0. The van der Waals surface area contributed by atoms with Crippen LogP contribution in [0.4, 0.5) is 0 Å². The van der Waals surface area contributed by atoms with Crippen molar-refractivity contribution in [3.05, 3.63) is 29.8 Å². The molecule has 1 rings (SSSR count). The Balaban J connectivity index is 0.00000121. The van der Waals surface area contributed by atoms with Gasteiger partial charge in [-0.2, -0.15) is 0 Å². The van der Waals surface area contributed by atoms with E-state index in [1.54, 1.807) is 0 Å². The average Bonchev–Trinajstić information content (AvgIpc) is 1.93. The van der Waals surface area contributed by atoms with Crippen molar-refractivity contribution >= 4 is 49.5 Å². The molecule has 1 aromatic rings. The van der Waals surface area contributed by atoms with Crippen LogP contribution in [0.5, 0.6) is 0 Å². The summed E-state index contributed by atoms with van der Waals surface area (Å²) in [5, 5.41) is 0. The fraction of sp³-hybridized carbons (Fsp3) is 0.143. The van der Waals surface area contributed by atoms with Gasteiger partial charge in [0.1, 0.15) is 0 Å². The van der Waals surface area contributed by atoms with Gasteiger partial charge in [0.25, 0.3) is 0 Å². The Morgan fingerprint density at radius 1 is 1.33 bits per heavy atom. The molecular formula is C7H11NaO2S2. The molecule has 1 N–H and O–H groups in total. The normalized spacial score (nSPS) is 12.8. The first kappa shape index (κ1) is 12.7. The standard InChI is InChI=1S/C7H10O2S2.Na.H/c1-6-2-4-7(5-3-6)10-11(8)9;;/h2-5,10-11H,1H3,(H,8,9);;. The van der Waals surface area contributed by atoms with Crippen molar-refractivity contribution in [2.75, 3.05) is 0 Å². The summed E-state index contributed by atoms with van der Waals surface area (Å²) in [6, 6.07) is 7.59. The Morgan fingerprint density at radius 2 is 1.83 bits per heavy atom. The zero-order valence-electron chi connectivity index (χ0n) is 6.06. The van der Waals surface area contributed by atoms with Crippen molar-refractivity contribution in [2.45, 2.75) is 11.8 Å². The number of aryl methyl sites for hydroxylation is 1. The molecule has 0 bridgehead atoms. The fourth-order valence-electron chi connectivity index (χ4n) is 0.710. The molecule has 2 nitrogen and oxygen atoms in total. The van der Waals surface area contributed by atoms with Gasteiger partial charge in [-0.1, -0.05) is 28.0 Å². The molecule has 0 fully saturated rings. The zero-order valence-corrected chi connectivity index (χ0v) is 7.85. The molecular weight excluding hydrogens is 203 g/mol. The summed E-state index contributed by atoms with van der Waals surface area (Å²) in [6.45, 7) is 1.99. The molecule has 1 unspecified atom stereocenters. The van der Waals surface area contributed by atoms with Crippen LogP contribution < -0.4 is 0 Å². The molecule has 0 heterocycles. The first-order valence-corrected chi connectivity index (χ1v) is 5.94. The van der Waals surface area contributed by atoms with E-state index in [-0.39, 0.29) is 29.6 Å². The fourth-order valence-corrected chi connectivity index (χ4v) is 2.18. The molecule has 0 spiro atoms. The second kappa shape index (κ2) is 6.18. The van der Waals surface area contributed by atoms with E-state index in [4.69, 9.17) is 4.55 Å². The maximum atomic E-state index is 10.4. The van der Waals surface area contributed by atoms with Crippen molar-refractivity contribution in [3.8, 4) is 0 Å². The Kier molecular flexibility index (Phi) is 6.53. The van der Waals surface area contributed by atoms with Gasteiger partial charge >= 0.3 is 29.6 Å². The first-order chi connectivity index (χ1) is 5.18. The summed E-state index contributed by atoms with van der Waals surface area (Å²) in [6.07, 6.45) is 0. The van der Waals surface area contributed by atoms with Crippen LogP contribution in [0, 0.1) is 6.92 Å². The van der Waals surface area contributed by atoms with Crippen molar-refractivity contribution in [2.24, 2.45) is 0 Å². The van der Waals surface area contributed by atoms with E-state index in [1.807, 2.05) is 31.2 Å². The van der Waals surface area contributed by atoms with E-state index in [9.17, 15) is 4.21 Å². The number of hydrogen-bond acceptors (Lipinski definition) is 1. The van der Waals surface area contributed by atoms with Gasteiger partial charge in [0, 0.05) is 4.90 Å². The molecule has 64 valence electrons. The molecule has 0 radical (unpaired) electrons. The summed E-state index contributed by atoms with van der Waals surface area (Å²) in [7, 11) is -1.57. The molecule has 0 aromatic heterocycles. The van der Waals surface area contributed by atoms with E-state index in [0.717, 1.165) is 10.5 Å². The second-order valence-corrected chi connectivity index (χ2v) is 5.04. The Bertz CT molecular complexity index is 315. The van der Waals surface area contributed by atoms with Crippen LogP contribution in [0.25, 0.3) is 0 Å². The quantitative estimate of drug-likeness (QED) is 0.467. The maximum absolute atomic E-state index is 10.4. The number of thiol groups is 2. The monoisotopic (exact) mass is 214 g/mol. The summed E-state index contributed by atoms with van der Waals surface area (Å²) in [4.78, 5) is 0.888. The molecule has 5 heteroatoms. The molecule has 0 aliphatic heterocycles. The molecule has 12 heavy (non-hydrogen) atoms. The third kappa shape index (κ3) is 4.64. The minimum absolute atomic E-state index is 0. The molecule has 1 atom stereocenters. The van der Waals surface area contributed by atoms with E-state index < -0.39 is 9.64 Å². The number of rotatable bonds is 1. The predicted octanol–water partition coefficient (Wildman–Crippen LogP) is 0.389. The van der Waals surface area contributed by atoms with Crippen LogP contribution in [0.15, 0.2) is 29.2 Å². The Hall–Kier alpha value is 0.680. The van der Waals surface area contributed by atoms with Crippen molar-refractivity contribution in [3.63, 3.8) is 0 Å². The Morgan fingerprint density at radius 3 is 2.25 bits per heavy atom. The predicted molar refractivity (Wildman–Crippen MR) is 57.5 cm³/mol. The summed E-state index contributed by atoms with van der Waals surface area (Å²) >= 11 is 0. The van der Waals surface area contributed by atoms with Gasteiger partial charge in [0.05, 0.1) is 9.64 Å². The van der Waals surface area contributed by atoms with E-state index in [0.29, 0.717) is 10.3 Å². The topological polar surface area (TPSA) is 37.3 Å². The SMILES string of the molecule is Cc1ccc([SH]=[SH](=O)O)cc1.[NaH]. The van der Waals surface area contributed by atoms with Gasteiger partial charge in [-0.25, -0.2) is 4.21 Å². The van der Waals surface area contributed by atoms with Crippen LogP contribution >= 0.6 is 0 Å². The third-order valence-electron chi connectivity index (χ3n) is 1.23. The van der Waals surface area contributed by atoms with Crippen molar-refractivity contribution in [1.29, 1.82) is 0 Å². The van der Waals surface area contributed by atoms with E-state index >= 15 is 0 Å². The van der Waals surface area contributed by atoms with Crippen LogP contribution in [0.3, 0.4) is 0 Å². The van der Waals surface area contributed by atoms with Gasteiger partial charge < -0.3 is 4.55 Å². The first-order valence-electron chi connectivity index (χ1n) is 3.13. The molecule has 0 aliphatic carbocycles. The second-order valence-electron chi connectivity index (χ2n) is 2.19. The Labute approximate surface area is 99.2 Å². The third-order valence-corrected chi connectivity index (χ3v) is 3.14. The molecule has 0 saturated carbocycles. The van der Waals surface area contributed by atoms with Crippen molar-refractivity contribution < 1.29 is 8.76 Å². The van der Waals surface area contributed by atoms with Crippen LogP contribution in [0.2, 0.25) is 0 Å². The molecule has 0 saturated heterocycles. The van der Waals surface area contributed by atoms with Gasteiger partial charge in [-0.3, -0.25) is 0 Å². The molecule has 0 amide bonds. The zero-order chi connectivity index (χ0) is 8.27. The number of benzene rings is 1. The van der Waals surface area contributed by atoms with Gasteiger partial charge in [-0.15, -0.1) is 0 Å².